The monoisotopic (exact) mass is 324 g/mol. The number of hydrogen-bond acceptors (Lipinski definition) is 4. The fraction of sp³-hybridized carbons (Fsp3) is 0.588. The molecule has 0 saturated heterocycles. The Balaban J connectivity index is 2.35. The van der Waals surface area contributed by atoms with Crippen molar-refractivity contribution in [2.75, 3.05) is 31.7 Å². The van der Waals surface area contributed by atoms with Crippen LogP contribution in [-0.4, -0.2) is 54.6 Å². The van der Waals surface area contributed by atoms with Gasteiger partial charge in [-0.2, -0.15) is 0 Å². The number of carbonyl (C=O) groups is 1. The molecule has 1 amide bonds. The van der Waals surface area contributed by atoms with Crippen LogP contribution in [0.4, 0.5) is 14.9 Å². The van der Waals surface area contributed by atoms with Crippen molar-refractivity contribution in [2.45, 2.75) is 38.5 Å². The Kier molecular flexibility index (Phi) is 5.26. The fourth-order valence-corrected chi connectivity index (χ4v) is 2.87. The molecule has 2 rings (SSSR count). The number of aliphatic hydroxyl groups excluding tert-OH is 1. The number of hydrogen-bond donors (Lipinski definition) is 1. The van der Waals surface area contributed by atoms with Crippen LogP contribution in [0.1, 0.15) is 32.4 Å². The Morgan fingerprint density at radius 3 is 2.70 bits per heavy atom. The summed E-state index contributed by atoms with van der Waals surface area (Å²) in [7, 11) is 1.77. The summed E-state index contributed by atoms with van der Waals surface area (Å²) >= 11 is 0. The lowest BCUT2D eigenvalue weighted by Crippen LogP contribution is -2.50. The summed E-state index contributed by atoms with van der Waals surface area (Å²) < 4.78 is 18.1. The Morgan fingerprint density at radius 1 is 1.43 bits per heavy atom. The first-order valence-electron chi connectivity index (χ1n) is 7.78. The van der Waals surface area contributed by atoms with Gasteiger partial charge in [0.25, 0.3) is 0 Å². The molecule has 5 nitrogen and oxygen atoms in total. The fourth-order valence-electron chi connectivity index (χ4n) is 2.87. The zero-order chi connectivity index (χ0) is 17.2. The van der Waals surface area contributed by atoms with Gasteiger partial charge in [0.15, 0.2) is 0 Å². The number of nitrogens with zero attached hydrogens (tertiary/aromatic N) is 2. The van der Waals surface area contributed by atoms with Crippen molar-refractivity contribution in [3.63, 3.8) is 0 Å². The second-order valence-electron chi connectivity index (χ2n) is 6.83. The van der Waals surface area contributed by atoms with E-state index in [1.165, 1.54) is 4.90 Å². The van der Waals surface area contributed by atoms with E-state index < -0.39 is 24.5 Å². The van der Waals surface area contributed by atoms with Crippen LogP contribution in [0.5, 0.6) is 0 Å². The number of amides is 1. The Bertz CT molecular complexity index is 559. The lowest BCUT2D eigenvalue weighted by Gasteiger charge is -2.41. The number of carbonyl (C=O) groups excluding carboxylic acids is 1. The number of rotatable bonds is 3. The molecule has 1 aromatic carbocycles. The molecular formula is C17H25FN2O3. The van der Waals surface area contributed by atoms with E-state index in [9.17, 15) is 14.3 Å². The Hall–Kier alpha value is -1.66. The molecule has 0 bridgehead atoms. The van der Waals surface area contributed by atoms with Crippen LogP contribution in [0.15, 0.2) is 24.3 Å². The summed E-state index contributed by atoms with van der Waals surface area (Å²) in [4.78, 5) is 15.7. The first-order valence-corrected chi connectivity index (χ1v) is 7.78. The molecule has 0 saturated carbocycles. The van der Waals surface area contributed by atoms with E-state index in [1.54, 1.807) is 32.7 Å². The first-order chi connectivity index (χ1) is 10.7. The first kappa shape index (κ1) is 17.7. The quantitative estimate of drug-likeness (QED) is 0.929. The molecule has 1 heterocycles. The number of likely N-dealkylation sites (N-methyl/N-ethyl adjacent to an activating group) is 1. The zero-order valence-electron chi connectivity index (χ0n) is 14.1. The highest BCUT2D eigenvalue weighted by atomic mass is 19.1. The molecule has 0 aromatic heterocycles. The van der Waals surface area contributed by atoms with Crippen LogP contribution in [0, 0.1) is 0 Å². The Morgan fingerprint density at radius 2 is 2.09 bits per heavy atom. The molecule has 128 valence electrons. The van der Waals surface area contributed by atoms with Crippen molar-refractivity contribution < 1.29 is 19.0 Å². The van der Waals surface area contributed by atoms with Crippen LogP contribution in [-0.2, 0) is 4.74 Å². The minimum Gasteiger partial charge on any atom is -0.443 e. The van der Waals surface area contributed by atoms with Gasteiger partial charge in [-0.15, -0.1) is 0 Å². The molecule has 0 unspecified atom stereocenters. The van der Waals surface area contributed by atoms with Gasteiger partial charge in [0.05, 0.1) is 24.4 Å². The smallest absolute Gasteiger partial charge is 0.414 e. The molecule has 0 radical (unpaired) electrons. The Labute approximate surface area is 136 Å². The maximum Gasteiger partial charge on any atom is 0.414 e. The number of aliphatic hydroxyl groups is 1. The summed E-state index contributed by atoms with van der Waals surface area (Å²) in [6, 6.07) is 7.01. The average molecular weight is 324 g/mol. The number of β-amino-alcohol motifs (C(OH)–C–C–N with tert-alkyl or cyclic N) is 1. The largest absolute Gasteiger partial charge is 0.443 e. The van der Waals surface area contributed by atoms with E-state index in [-0.39, 0.29) is 19.1 Å². The van der Waals surface area contributed by atoms with Crippen LogP contribution in [0.3, 0.4) is 0 Å². The molecule has 1 aromatic rings. The average Bonchev–Trinajstić information content (AvgIpc) is 2.44. The summed E-state index contributed by atoms with van der Waals surface area (Å²) in [6.07, 6.45) is -1.30. The number of para-hydroxylation sites is 1. The van der Waals surface area contributed by atoms with E-state index >= 15 is 0 Å². The maximum atomic E-state index is 12.7. The van der Waals surface area contributed by atoms with Crippen LogP contribution in [0.2, 0.25) is 0 Å². The van der Waals surface area contributed by atoms with Gasteiger partial charge in [-0.25, -0.2) is 9.18 Å². The van der Waals surface area contributed by atoms with Gasteiger partial charge in [-0.1, -0.05) is 18.2 Å². The SMILES string of the molecule is CN(CCF)[C@H]1c2ccccc2N(C(=O)OC(C)(C)C)C[C@@H]1O. The molecule has 0 fully saturated rings. The lowest BCUT2D eigenvalue weighted by atomic mass is 9.93. The van der Waals surface area contributed by atoms with E-state index in [2.05, 4.69) is 0 Å². The number of alkyl halides is 1. The molecule has 1 N–H and O–H groups in total. The molecule has 6 heteroatoms. The summed E-state index contributed by atoms with van der Waals surface area (Å²) in [5.41, 5.74) is 0.884. The van der Waals surface area contributed by atoms with E-state index in [0.717, 1.165) is 5.56 Å². The van der Waals surface area contributed by atoms with Crippen molar-refractivity contribution in [3.05, 3.63) is 29.8 Å². The number of halogens is 1. The molecule has 1 aliphatic rings. The third-order valence-electron chi connectivity index (χ3n) is 3.81. The van der Waals surface area contributed by atoms with Crippen LogP contribution in [0.25, 0.3) is 0 Å². The van der Waals surface area contributed by atoms with Crippen molar-refractivity contribution in [1.82, 2.24) is 4.90 Å². The minimum atomic E-state index is -0.811. The third kappa shape index (κ3) is 4.00. The van der Waals surface area contributed by atoms with Crippen molar-refractivity contribution in [1.29, 1.82) is 0 Å². The number of fused-ring (bicyclic) bond motifs is 1. The van der Waals surface area contributed by atoms with Gasteiger partial charge in [-0.05, 0) is 39.4 Å². The minimum absolute atomic E-state index is 0.118. The van der Waals surface area contributed by atoms with Crippen LogP contribution < -0.4 is 4.90 Å². The maximum absolute atomic E-state index is 12.7. The lowest BCUT2D eigenvalue weighted by molar-refractivity contribution is 0.0403. The summed E-state index contributed by atoms with van der Waals surface area (Å²) in [5, 5.41) is 10.5. The predicted octanol–water partition coefficient (Wildman–Crippen LogP) is 2.75. The molecular weight excluding hydrogens is 299 g/mol. The van der Waals surface area contributed by atoms with Gasteiger partial charge < -0.3 is 9.84 Å². The number of benzene rings is 1. The van der Waals surface area contributed by atoms with Gasteiger partial charge in [0.2, 0.25) is 0 Å². The second kappa shape index (κ2) is 6.84. The van der Waals surface area contributed by atoms with Gasteiger partial charge in [0.1, 0.15) is 12.3 Å². The predicted molar refractivity (Wildman–Crippen MR) is 87.4 cm³/mol. The molecule has 23 heavy (non-hydrogen) atoms. The molecule has 0 aliphatic carbocycles. The topological polar surface area (TPSA) is 53.0 Å². The number of ether oxygens (including phenoxy) is 1. The second-order valence-corrected chi connectivity index (χ2v) is 6.83. The van der Waals surface area contributed by atoms with Gasteiger partial charge in [-0.3, -0.25) is 9.80 Å². The molecule has 2 atom stereocenters. The normalized spacial score (nSPS) is 21.3. The van der Waals surface area contributed by atoms with E-state index in [1.807, 2.05) is 24.3 Å². The van der Waals surface area contributed by atoms with E-state index in [4.69, 9.17) is 4.74 Å². The number of anilines is 1. The van der Waals surface area contributed by atoms with Crippen LogP contribution >= 0.6 is 0 Å². The van der Waals surface area contributed by atoms with Crippen molar-refractivity contribution in [3.8, 4) is 0 Å². The van der Waals surface area contributed by atoms with Crippen molar-refractivity contribution >= 4 is 11.8 Å². The van der Waals surface area contributed by atoms with Gasteiger partial charge >= 0.3 is 6.09 Å². The van der Waals surface area contributed by atoms with Gasteiger partial charge in [0, 0.05) is 6.54 Å². The summed E-state index contributed by atoms with van der Waals surface area (Å²) in [6.45, 7) is 5.26. The molecule has 1 aliphatic heterocycles. The summed E-state index contributed by atoms with van der Waals surface area (Å²) in [5.74, 6) is 0. The molecule has 0 spiro atoms. The zero-order valence-corrected chi connectivity index (χ0v) is 14.1. The van der Waals surface area contributed by atoms with Crippen molar-refractivity contribution in [2.24, 2.45) is 0 Å². The highest BCUT2D eigenvalue weighted by molar-refractivity contribution is 5.90. The van der Waals surface area contributed by atoms with E-state index in [0.29, 0.717) is 5.69 Å². The standard InChI is InChI=1S/C17H25FN2O3/c1-17(2,3)23-16(22)20-11-14(21)15(19(4)10-9-18)12-7-5-6-8-13(12)20/h5-8,14-15,21H,9-11H2,1-4H3/t14-,15-/m0/s1. The third-order valence-corrected chi connectivity index (χ3v) is 3.81. The highest BCUT2D eigenvalue weighted by Gasteiger charge is 2.38. The highest BCUT2D eigenvalue weighted by Crippen LogP contribution is 2.37.